The van der Waals surface area contributed by atoms with Crippen molar-refractivity contribution in [2.24, 2.45) is 11.8 Å². The second-order valence-corrected chi connectivity index (χ2v) is 3.63. The van der Waals surface area contributed by atoms with Gasteiger partial charge in [0.25, 0.3) is 0 Å². The Balaban J connectivity index is 2.47. The molecule has 0 aliphatic carbocycles. The molecule has 2 heteroatoms. The largest absolute Gasteiger partial charge is 0.368 e. The van der Waals surface area contributed by atoms with E-state index in [0.29, 0.717) is 5.92 Å². The number of hydrogen-bond acceptors (Lipinski definition) is 2. The smallest absolute Gasteiger partial charge is 0.157 e. The maximum Gasteiger partial charge on any atom is 0.157 e. The van der Waals surface area contributed by atoms with E-state index in [2.05, 4.69) is 13.8 Å². The first-order valence-corrected chi connectivity index (χ1v) is 4.48. The molecule has 4 atom stereocenters. The lowest BCUT2D eigenvalue weighted by atomic mass is 9.87. The lowest BCUT2D eigenvalue weighted by molar-refractivity contribution is -0.204. The first kappa shape index (κ1) is 9.01. The van der Waals surface area contributed by atoms with Crippen molar-refractivity contribution in [2.45, 2.75) is 46.0 Å². The molecule has 0 aromatic heterocycles. The topological polar surface area (TPSA) is 29.5 Å². The van der Waals surface area contributed by atoms with Crippen molar-refractivity contribution >= 4 is 0 Å². The van der Waals surface area contributed by atoms with Crippen LogP contribution in [0, 0.1) is 11.8 Å². The highest BCUT2D eigenvalue weighted by Crippen LogP contribution is 2.29. The van der Waals surface area contributed by atoms with Crippen LogP contribution in [0.3, 0.4) is 0 Å². The van der Waals surface area contributed by atoms with Crippen molar-refractivity contribution < 1.29 is 9.84 Å². The Morgan fingerprint density at radius 1 is 1.45 bits per heavy atom. The Morgan fingerprint density at radius 2 is 2.09 bits per heavy atom. The summed E-state index contributed by atoms with van der Waals surface area (Å²) in [6.45, 7) is 6.32. The average molecular weight is 158 g/mol. The molecule has 0 saturated carbocycles. The fourth-order valence-electron chi connectivity index (χ4n) is 1.55. The number of hydrogen-bond donors (Lipinski definition) is 1. The second-order valence-electron chi connectivity index (χ2n) is 3.63. The fourth-order valence-corrected chi connectivity index (χ4v) is 1.55. The molecule has 0 aromatic carbocycles. The van der Waals surface area contributed by atoms with Crippen LogP contribution >= 0.6 is 0 Å². The molecule has 0 radical (unpaired) electrons. The second kappa shape index (κ2) is 3.55. The Morgan fingerprint density at radius 3 is 2.55 bits per heavy atom. The van der Waals surface area contributed by atoms with Gasteiger partial charge in [0.15, 0.2) is 6.29 Å². The van der Waals surface area contributed by atoms with Crippen LogP contribution in [0.15, 0.2) is 0 Å². The molecule has 0 bridgehead atoms. The van der Waals surface area contributed by atoms with Crippen LogP contribution in [0.1, 0.15) is 33.6 Å². The molecule has 1 aliphatic rings. The minimum Gasteiger partial charge on any atom is -0.368 e. The van der Waals surface area contributed by atoms with Crippen LogP contribution in [0.5, 0.6) is 0 Å². The van der Waals surface area contributed by atoms with Crippen LogP contribution in [0.4, 0.5) is 0 Å². The number of aliphatic hydroxyl groups excluding tert-OH is 1. The number of aliphatic hydroxyl groups is 1. The van der Waals surface area contributed by atoms with Gasteiger partial charge in [-0.3, -0.25) is 0 Å². The first-order chi connectivity index (χ1) is 5.15. The maximum atomic E-state index is 9.43. The van der Waals surface area contributed by atoms with Gasteiger partial charge in [0.05, 0.1) is 6.10 Å². The Bertz CT molecular complexity index is 113. The Hall–Kier alpha value is -0.0800. The summed E-state index contributed by atoms with van der Waals surface area (Å²) < 4.78 is 5.37. The summed E-state index contributed by atoms with van der Waals surface area (Å²) in [4.78, 5) is 0. The van der Waals surface area contributed by atoms with Gasteiger partial charge in [0.2, 0.25) is 0 Å². The average Bonchev–Trinajstić information content (AvgIpc) is 1.99. The van der Waals surface area contributed by atoms with Gasteiger partial charge in [0, 0.05) is 5.92 Å². The summed E-state index contributed by atoms with van der Waals surface area (Å²) >= 11 is 0. The highest BCUT2D eigenvalue weighted by atomic mass is 16.6. The summed E-state index contributed by atoms with van der Waals surface area (Å²) in [6.07, 6.45) is 1.84. The third kappa shape index (κ3) is 1.94. The predicted octanol–water partition coefficient (Wildman–Crippen LogP) is 1.78. The summed E-state index contributed by atoms with van der Waals surface area (Å²) in [5.74, 6) is 0.876. The van der Waals surface area contributed by atoms with Crippen LogP contribution in [0.25, 0.3) is 0 Å². The molecule has 1 aliphatic heterocycles. The van der Waals surface area contributed by atoms with Gasteiger partial charge in [-0.25, -0.2) is 0 Å². The molecule has 1 N–H and O–H groups in total. The van der Waals surface area contributed by atoms with E-state index in [4.69, 9.17) is 4.74 Å². The molecule has 1 heterocycles. The third-order valence-corrected chi connectivity index (χ3v) is 2.77. The van der Waals surface area contributed by atoms with Crippen molar-refractivity contribution in [3.05, 3.63) is 0 Å². The van der Waals surface area contributed by atoms with Gasteiger partial charge < -0.3 is 9.84 Å². The SMILES string of the molecule is CCC1CC(C)C(C)C(O)O1. The van der Waals surface area contributed by atoms with Gasteiger partial charge in [-0.05, 0) is 18.8 Å². The zero-order chi connectivity index (χ0) is 8.43. The Labute approximate surface area is 68.6 Å². The summed E-state index contributed by atoms with van der Waals surface area (Å²) in [5, 5.41) is 9.43. The molecule has 1 saturated heterocycles. The molecular formula is C9H18O2. The highest BCUT2D eigenvalue weighted by molar-refractivity contribution is 4.74. The number of rotatable bonds is 1. The number of ether oxygens (including phenoxy) is 1. The van der Waals surface area contributed by atoms with Crippen LogP contribution in [-0.4, -0.2) is 17.5 Å². The molecule has 2 nitrogen and oxygen atoms in total. The first-order valence-electron chi connectivity index (χ1n) is 4.48. The fraction of sp³-hybridized carbons (Fsp3) is 1.00. The van der Waals surface area contributed by atoms with E-state index in [1.807, 2.05) is 6.92 Å². The molecule has 0 amide bonds. The predicted molar refractivity (Wildman–Crippen MR) is 44.1 cm³/mol. The molecular weight excluding hydrogens is 140 g/mol. The molecule has 1 rings (SSSR count). The van der Waals surface area contributed by atoms with Gasteiger partial charge in [-0.2, -0.15) is 0 Å². The van der Waals surface area contributed by atoms with Gasteiger partial charge in [-0.15, -0.1) is 0 Å². The van der Waals surface area contributed by atoms with E-state index in [9.17, 15) is 5.11 Å². The van der Waals surface area contributed by atoms with E-state index in [-0.39, 0.29) is 12.0 Å². The summed E-state index contributed by atoms with van der Waals surface area (Å²) in [6, 6.07) is 0. The monoisotopic (exact) mass is 158 g/mol. The molecule has 11 heavy (non-hydrogen) atoms. The summed E-state index contributed by atoms with van der Waals surface area (Å²) in [7, 11) is 0. The third-order valence-electron chi connectivity index (χ3n) is 2.77. The standard InChI is InChI=1S/C9H18O2/c1-4-8-5-6(2)7(3)9(10)11-8/h6-10H,4-5H2,1-3H3. The normalized spacial score (nSPS) is 45.8. The van der Waals surface area contributed by atoms with Crippen LogP contribution in [-0.2, 0) is 4.74 Å². The molecule has 0 spiro atoms. The van der Waals surface area contributed by atoms with Crippen molar-refractivity contribution in [1.82, 2.24) is 0 Å². The van der Waals surface area contributed by atoms with Crippen molar-refractivity contribution in [1.29, 1.82) is 0 Å². The van der Waals surface area contributed by atoms with E-state index in [0.717, 1.165) is 12.8 Å². The molecule has 0 aromatic rings. The zero-order valence-corrected chi connectivity index (χ0v) is 7.58. The quantitative estimate of drug-likeness (QED) is 0.630. The van der Waals surface area contributed by atoms with Crippen LogP contribution < -0.4 is 0 Å². The maximum absolute atomic E-state index is 9.43. The minimum atomic E-state index is -0.538. The van der Waals surface area contributed by atoms with E-state index < -0.39 is 6.29 Å². The minimum absolute atomic E-state index is 0.274. The van der Waals surface area contributed by atoms with Crippen molar-refractivity contribution in [2.75, 3.05) is 0 Å². The van der Waals surface area contributed by atoms with E-state index >= 15 is 0 Å². The Kier molecular flexibility index (Phi) is 2.90. The van der Waals surface area contributed by atoms with Crippen molar-refractivity contribution in [3.8, 4) is 0 Å². The van der Waals surface area contributed by atoms with E-state index in [1.54, 1.807) is 0 Å². The lowest BCUT2D eigenvalue weighted by Crippen LogP contribution is -2.38. The van der Waals surface area contributed by atoms with E-state index in [1.165, 1.54) is 0 Å². The van der Waals surface area contributed by atoms with Gasteiger partial charge in [0.1, 0.15) is 0 Å². The molecule has 4 unspecified atom stereocenters. The van der Waals surface area contributed by atoms with Crippen molar-refractivity contribution in [3.63, 3.8) is 0 Å². The van der Waals surface area contributed by atoms with Gasteiger partial charge >= 0.3 is 0 Å². The van der Waals surface area contributed by atoms with Gasteiger partial charge in [-0.1, -0.05) is 20.8 Å². The van der Waals surface area contributed by atoms with Crippen LogP contribution in [0.2, 0.25) is 0 Å². The summed E-state index contributed by atoms with van der Waals surface area (Å²) in [5.41, 5.74) is 0. The molecule has 66 valence electrons. The lowest BCUT2D eigenvalue weighted by Gasteiger charge is -2.35. The molecule has 1 fully saturated rings. The highest BCUT2D eigenvalue weighted by Gasteiger charge is 2.30. The zero-order valence-electron chi connectivity index (χ0n) is 7.58.